The van der Waals surface area contributed by atoms with Crippen molar-refractivity contribution in [1.29, 1.82) is 0 Å². The van der Waals surface area contributed by atoms with E-state index >= 15 is 0 Å². The van der Waals surface area contributed by atoms with Crippen LogP contribution in [0.4, 0.5) is 0 Å². The van der Waals surface area contributed by atoms with Crippen LogP contribution in [0.1, 0.15) is 49.1 Å². The molecule has 1 aliphatic heterocycles. The van der Waals surface area contributed by atoms with Gasteiger partial charge in [-0.15, -0.1) is 0 Å². The zero-order valence-corrected chi connectivity index (χ0v) is 29.3. The van der Waals surface area contributed by atoms with E-state index in [1.165, 1.54) is 34.8 Å². The molecule has 0 aliphatic carbocycles. The Bertz CT molecular complexity index is 1950. The van der Waals surface area contributed by atoms with Crippen molar-refractivity contribution < 1.29 is 28.5 Å². The number of methoxy groups -OCH3 is 1. The summed E-state index contributed by atoms with van der Waals surface area (Å²) >= 11 is 3.47. The molecule has 3 aromatic carbocycles. The summed E-state index contributed by atoms with van der Waals surface area (Å²) in [7, 11) is 1.31. The van der Waals surface area contributed by atoms with Gasteiger partial charge in [0.05, 0.1) is 46.6 Å². The van der Waals surface area contributed by atoms with Crippen molar-refractivity contribution in [3.05, 3.63) is 112 Å². The molecule has 0 unspecified atom stereocenters. The third-order valence-electron chi connectivity index (χ3n) is 7.14. The molecule has 0 radical (unpaired) electrons. The van der Waals surface area contributed by atoms with Gasteiger partial charge in [0.25, 0.3) is 5.56 Å². The normalized spacial score (nSPS) is 14.2. The number of rotatable bonds is 12. The fourth-order valence-electron chi connectivity index (χ4n) is 5.05. The second kappa shape index (κ2) is 15.0. The second-order valence-corrected chi connectivity index (χ2v) is 12.5. The van der Waals surface area contributed by atoms with Gasteiger partial charge in [-0.05, 0) is 97.3 Å². The maximum Gasteiger partial charge on any atom is 0.337 e. The van der Waals surface area contributed by atoms with E-state index in [2.05, 4.69) is 39.7 Å². The van der Waals surface area contributed by atoms with Crippen molar-refractivity contribution in [3.8, 4) is 23.0 Å². The number of ether oxygens (including phenoxy) is 5. The summed E-state index contributed by atoms with van der Waals surface area (Å²) in [4.78, 5) is 31.9. The van der Waals surface area contributed by atoms with E-state index in [4.69, 9.17) is 23.7 Å². The number of benzene rings is 3. The molecule has 0 saturated carbocycles. The van der Waals surface area contributed by atoms with Crippen molar-refractivity contribution in [2.24, 2.45) is 4.99 Å². The quantitative estimate of drug-likeness (QED) is 0.135. The first-order valence-electron chi connectivity index (χ1n) is 14.9. The highest BCUT2D eigenvalue weighted by atomic mass is 127. The number of hydrogen-bond acceptors (Lipinski definition) is 9. The van der Waals surface area contributed by atoms with Crippen LogP contribution in [0.3, 0.4) is 0 Å². The third-order valence-corrected chi connectivity index (χ3v) is 8.94. The van der Waals surface area contributed by atoms with Crippen molar-refractivity contribution in [2.45, 2.75) is 40.3 Å². The highest BCUT2D eigenvalue weighted by molar-refractivity contribution is 14.1. The summed E-state index contributed by atoms with van der Waals surface area (Å²) in [5.74, 6) is 1.75. The van der Waals surface area contributed by atoms with E-state index in [1.807, 2.05) is 58.0 Å². The van der Waals surface area contributed by atoms with Crippen LogP contribution >= 0.6 is 33.9 Å². The molecule has 9 nitrogen and oxygen atoms in total. The Morgan fingerprint density at radius 3 is 2.33 bits per heavy atom. The van der Waals surface area contributed by atoms with Gasteiger partial charge in [0.1, 0.15) is 6.61 Å². The highest BCUT2D eigenvalue weighted by Crippen LogP contribution is 2.36. The van der Waals surface area contributed by atoms with Crippen molar-refractivity contribution in [2.75, 3.05) is 26.9 Å². The minimum atomic E-state index is -0.780. The predicted molar refractivity (Wildman–Crippen MR) is 186 cm³/mol. The maximum atomic E-state index is 14.1. The molecule has 1 atom stereocenters. The number of esters is 1. The van der Waals surface area contributed by atoms with E-state index in [1.54, 1.807) is 18.2 Å². The fraction of sp³-hybridized carbons (Fsp3) is 0.286. The molecule has 240 valence electrons. The van der Waals surface area contributed by atoms with Crippen LogP contribution in [0.5, 0.6) is 23.0 Å². The van der Waals surface area contributed by atoms with Gasteiger partial charge in [0.2, 0.25) is 0 Å². The molecule has 1 aliphatic rings. The number of aromatic nitrogens is 1. The molecule has 0 N–H and O–H groups in total. The second-order valence-electron chi connectivity index (χ2n) is 10.3. The summed E-state index contributed by atoms with van der Waals surface area (Å²) in [5, 5.41) is 0. The van der Waals surface area contributed by atoms with Gasteiger partial charge in [-0.3, -0.25) is 9.36 Å². The molecule has 1 aromatic heterocycles. The maximum absolute atomic E-state index is 14.1. The molecule has 11 heteroatoms. The largest absolute Gasteiger partial charge is 0.490 e. The number of nitrogens with zero attached hydrogens (tertiary/aromatic N) is 2. The van der Waals surface area contributed by atoms with Crippen LogP contribution in [-0.4, -0.2) is 37.5 Å². The topological polar surface area (TPSA) is 97.6 Å². The number of aryl methyl sites for hydroxylation is 1. The van der Waals surface area contributed by atoms with Crippen LogP contribution in [0.25, 0.3) is 6.08 Å². The predicted octanol–water partition coefficient (Wildman–Crippen LogP) is 5.71. The minimum Gasteiger partial charge on any atom is -0.490 e. The summed E-state index contributed by atoms with van der Waals surface area (Å²) in [6.07, 6.45) is 3.28. The van der Waals surface area contributed by atoms with Crippen LogP contribution in [-0.2, 0) is 16.1 Å². The first-order chi connectivity index (χ1) is 22.3. The van der Waals surface area contributed by atoms with Gasteiger partial charge in [-0.25, -0.2) is 9.79 Å². The van der Waals surface area contributed by atoms with E-state index in [9.17, 15) is 9.59 Å². The number of fused-ring (bicyclic) bond motifs is 1. The smallest absolute Gasteiger partial charge is 0.337 e. The van der Waals surface area contributed by atoms with Gasteiger partial charge in [0.15, 0.2) is 27.8 Å². The van der Waals surface area contributed by atoms with E-state index < -0.39 is 12.0 Å². The van der Waals surface area contributed by atoms with E-state index in [0.717, 1.165) is 14.7 Å². The molecule has 0 spiro atoms. The highest BCUT2D eigenvalue weighted by Gasteiger charge is 2.31. The fourth-order valence-corrected chi connectivity index (χ4v) is 6.80. The van der Waals surface area contributed by atoms with Gasteiger partial charge >= 0.3 is 5.97 Å². The molecule has 0 fully saturated rings. The van der Waals surface area contributed by atoms with Gasteiger partial charge in [-0.1, -0.05) is 47.2 Å². The van der Waals surface area contributed by atoms with Gasteiger partial charge in [-0.2, -0.15) is 0 Å². The SMILES string of the molecule is CCOc1ccc([C@H]2C(C(=O)OC)=CN=c3s/c(=C\c4cc(I)c(OCc5ccc(C)cc5)c(OCC)c4)c(=O)n32)cc1OCC. The van der Waals surface area contributed by atoms with Gasteiger partial charge in [0, 0.05) is 6.20 Å². The number of halogens is 1. The summed E-state index contributed by atoms with van der Waals surface area (Å²) in [6.45, 7) is 9.47. The first-order valence-corrected chi connectivity index (χ1v) is 16.8. The Hall–Kier alpha value is -4.10. The number of carbonyl (C=O) groups excluding carboxylic acids is 1. The van der Waals surface area contributed by atoms with Crippen LogP contribution in [0, 0.1) is 10.5 Å². The molecule has 0 amide bonds. The molecule has 46 heavy (non-hydrogen) atoms. The summed E-state index contributed by atoms with van der Waals surface area (Å²) in [6, 6.07) is 16.6. The molecule has 4 aromatic rings. The van der Waals surface area contributed by atoms with Gasteiger partial charge < -0.3 is 23.7 Å². The molecule has 0 bridgehead atoms. The number of thiazole rings is 1. The lowest BCUT2D eigenvalue weighted by atomic mass is 9.97. The Balaban J connectivity index is 1.57. The zero-order chi connectivity index (χ0) is 32.8. The zero-order valence-electron chi connectivity index (χ0n) is 26.3. The Morgan fingerprint density at radius 1 is 0.935 bits per heavy atom. The van der Waals surface area contributed by atoms with Crippen LogP contribution in [0.15, 0.2) is 76.2 Å². The molecular weight excluding hydrogens is 719 g/mol. The Kier molecular flexibility index (Phi) is 10.8. The molecule has 0 saturated heterocycles. The molecule has 5 rings (SSSR count). The van der Waals surface area contributed by atoms with E-state index in [-0.39, 0.29) is 11.1 Å². The van der Waals surface area contributed by atoms with E-state index in [0.29, 0.717) is 64.3 Å². The Morgan fingerprint density at radius 2 is 1.63 bits per heavy atom. The minimum absolute atomic E-state index is 0.233. The van der Waals surface area contributed by atoms with Crippen LogP contribution in [0.2, 0.25) is 0 Å². The Labute approximate surface area is 284 Å². The monoisotopic (exact) mass is 754 g/mol. The standard InChI is InChI=1S/C35H35IN2O7S/c1-6-42-27-14-13-24(18-28(27)43-7-2)31-25(34(40)41-5)19-37-35-38(31)33(39)30(46-35)17-23-15-26(36)32(29(16-23)44-8-3)45-20-22-11-9-21(4)10-12-22/h9-19,31H,6-8,20H2,1-5H3/b30-17-/t31-/m0/s1. The lowest BCUT2D eigenvalue weighted by Crippen LogP contribution is -2.39. The van der Waals surface area contributed by atoms with Crippen molar-refractivity contribution >= 4 is 46.0 Å². The van der Waals surface area contributed by atoms with Crippen LogP contribution < -0.4 is 33.8 Å². The summed E-state index contributed by atoms with van der Waals surface area (Å²) in [5.41, 5.74) is 3.61. The molecule has 2 heterocycles. The summed E-state index contributed by atoms with van der Waals surface area (Å²) < 4.78 is 31.7. The average Bonchev–Trinajstić information content (AvgIpc) is 3.36. The van der Waals surface area contributed by atoms with Crippen molar-refractivity contribution in [1.82, 2.24) is 4.57 Å². The molecular formula is C35H35IN2O7S. The average molecular weight is 755 g/mol. The third kappa shape index (κ3) is 7.15. The van der Waals surface area contributed by atoms with Crippen molar-refractivity contribution in [3.63, 3.8) is 0 Å². The lowest BCUT2D eigenvalue weighted by Gasteiger charge is -2.23. The first kappa shape index (κ1) is 33.3. The lowest BCUT2D eigenvalue weighted by molar-refractivity contribution is -0.136. The number of hydrogen-bond donors (Lipinski definition) is 0. The number of carbonyl (C=O) groups is 1.